The number of nitrogens with zero attached hydrogens (tertiary/aromatic N) is 1. The van der Waals surface area contributed by atoms with Gasteiger partial charge >= 0.3 is 12.1 Å². The van der Waals surface area contributed by atoms with E-state index >= 15 is 0 Å². The third kappa shape index (κ3) is 4.61. The largest absolute Gasteiger partial charge is 0.480 e. The summed E-state index contributed by atoms with van der Waals surface area (Å²) in [5.41, 5.74) is 4.55. The van der Waals surface area contributed by atoms with Crippen molar-refractivity contribution in [2.45, 2.75) is 6.18 Å². The molecule has 0 radical (unpaired) electrons. The molecule has 0 saturated carbocycles. The molecule has 9 heteroatoms. The zero-order valence-corrected chi connectivity index (χ0v) is 10.7. The minimum absolute atomic E-state index is 0.102. The van der Waals surface area contributed by atoms with E-state index in [1.165, 1.54) is 6.07 Å². The van der Waals surface area contributed by atoms with Crippen LogP contribution in [0.3, 0.4) is 0 Å². The number of hydrogen-bond donors (Lipinski definition) is 2. The minimum Gasteiger partial charge on any atom is -0.480 e. The quantitative estimate of drug-likeness (QED) is 0.870. The molecule has 0 atom stereocenters. The first-order valence-corrected chi connectivity index (χ1v) is 5.61. The van der Waals surface area contributed by atoms with Gasteiger partial charge in [0.1, 0.15) is 13.1 Å². The van der Waals surface area contributed by atoms with Gasteiger partial charge in [0.05, 0.1) is 11.3 Å². The van der Waals surface area contributed by atoms with Crippen LogP contribution in [0.2, 0.25) is 5.02 Å². The minimum atomic E-state index is -4.63. The molecule has 3 N–H and O–H groups in total. The molecule has 0 heterocycles. The summed E-state index contributed by atoms with van der Waals surface area (Å²) >= 11 is 5.64. The van der Waals surface area contributed by atoms with Crippen molar-refractivity contribution in [2.24, 2.45) is 5.73 Å². The summed E-state index contributed by atoms with van der Waals surface area (Å²) in [6, 6.07) is 3.45. The van der Waals surface area contributed by atoms with Crippen LogP contribution in [-0.2, 0) is 4.79 Å². The Morgan fingerprint density at radius 2 is 1.95 bits per heavy atom. The number of rotatable bonds is 5. The van der Waals surface area contributed by atoms with Gasteiger partial charge in [-0.05, 0) is 18.2 Å². The highest BCUT2D eigenvalue weighted by molar-refractivity contribution is 6.31. The van der Waals surface area contributed by atoms with Gasteiger partial charge in [0.2, 0.25) is 0 Å². The van der Waals surface area contributed by atoms with Crippen LogP contribution in [-0.4, -0.2) is 36.2 Å². The van der Waals surface area contributed by atoms with Crippen LogP contribution in [0, 0.1) is 0 Å². The number of benzene rings is 1. The van der Waals surface area contributed by atoms with E-state index in [0.717, 1.165) is 12.1 Å². The standard InChI is InChI=1S/C11H10ClF3N2O3/c12-6-1-2-8(7(3-6)10(16)20)17(4-9(18)19)5-11(13,14)15/h1-3H,4-5H2,(H2,16,20)(H,18,19). The van der Waals surface area contributed by atoms with Crippen molar-refractivity contribution in [3.63, 3.8) is 0 Å². The Morgan fingerprint density at radius 3 is 2.40 bits per heavy atom. The van der Waals surface area contributed by atoms with Gasteiger partial charge in [0.15, 0.2) is 0 Å². The van der Waals surface area contributed by atoms with Crippen LogP contribution in [0.25, 0.3) is 0 Å². The first-order chi connectivity index (χ1) is 9.10. The van der Waals surface area contributed by atoms with Crippen LogP contribution in [0.5, 0.6) is 0 Å². The van der Waals surface area contributed by atoms with E-state index in [-0.39, 0.29) is 16.3 Å². The molecule has 1 aromatic rings. The molecule has 110 valence electrons. The van der Waals surface area contributed by atoms with Crippen LogP contribution in [0.1, 0.15) is 10.4 Å². The zero-order valence-electron chi connectivity index (χ0n) is 9.95. The summed E-state index contributed by atoms with van der Waals surface area (Å²) in [6.07, 6.45) is -4.63. The number of carboxylic acids is 1. The molecule has 20 heavy (non-hydrogen) atoms. The average Bonchev–Trinajstić information content (AvgIpc) is 2.25. The van der Waals surface area contributed by atoms with Crippen molar-refractivity contribution in [1.29, 1.82) is 0 Å². The molecule has 5 nitrogen and oxygen atoms in total. The maximum absolute atomic E-state index is 12.5. The number of carbonyl (C=O) groups excluding carboxylic acids is 1. The number of alkyl halides is 3. The van der Waals surface area contributed by atoms with Crippen molar-refractivity contribution in [2.75, 3.05) is 18.0 Å². The maximum Gasteiger partial charge on any atom is 0.405 e. The Kier molecular flexibility index (Phi) is 4.83. The van der Waals surface area contributed by atoms with Gasteiger partial charge in [0, 0.05) is 5.02 Å². The fraction of sp³-hybridized carbons (Fsp3) is 0.273. The lowest BCUT2D eigenvalue weighted by Crippen LogP contribution is -2.39. The van der Waals surface area contributed by atoms with Crippen LogP contribution in [0.4, 0.5) is 18.9 Å². The summed E-state index contributed by atoms with van der Waals surface area (Å²) in [6.45, 7) is -2.46. The Hall–Kier alpha value is -1.96. The SMILES string of the molecule is NC(=O)c1cc(Cl)ccc1N(CC(=O)O)CC(F)(F)F. The number of anilines is 1. The predicted molar refractivity (Wildman–Crippen MR) is 65.9 cm³/mol. The molecule has 1 rings (SSSR count). The van der Waals surface area contributed by atoms with Crippen molar-refractivity contribution in [3.8, 4) is 0 Å². The number of aliphatic carboxylic acids is 1. The Morgan fingerprint density at radius 1 is 1.35 bits per heavy atom. The second-order valence-electron chi connectivity index (χ2n) is 3.89. The summed E-state index contributed by atoms with van der Waals surface area (Å²) in [5, 5.41) is 8.78. The predicted octanol–water partition coefficient (Wildman–Crippen LogP) is 1.89. The molecular formula is C11H10ClF3N2O3. The number of nitrogens with two attached hydrogens (primary N) is 1. The molecule has 0 fully saturated rings. The van der Waals surface area contributed by atoms with Crippen molar-refractivity contribution in [3.05, 3.63) is 28.8 Å². The lowest BCUT2D eigenvalue weighted by Gasteiger charge is -2.25. The topological polar surface area (TPSA) is 83.6 Å². The number of primary amides is 1. The molecular weight excluding hydrogens is 301 g/mol. The van der Waals surface area contributed by atoms with E-state index in [0.29, 0.717) is 4.90 Å². The first-order valence-electron chi connectivity index (χ1n) is 5.23. The fourth-order valence-corrected chi connectivity index (χ4v) is 1.76. The molecule has 0 aliphatic carbocycles. The highest BCUT2D eigenvalue weighted by Crippen LogP contribution is 2.27. The van der Waals surface area contributed by atoms with Crippen molar-refractivity contribution >= 4 is 29.2 Å². The summed E-state index contributed by atoms with van der Waals surface area (Å²) in [5.74, 6) is -2.47. The fourth-order valence-electron chi connectivity index (χ4n) is 1.59. The second-order valence-corrected chi connectivity index (χ2v) is 4.33. The van der Waals surface area contributed by atoms with Crippen LogP contribution in [0.15, 0.2) is 18.2 Å². The Balaban J connectivity index is 3.25. The number of carbonyl (C=O) groups is 2. The summed E-state index contributed by atoms with van der Waals surface area (Å²) in [4.78, 5) is 22.4. The third-order valence-corrected chi connectivity index (χ3v) is 2.50. The molecule has 0 aliphatic heterocycles. The normalized spacial score (nSPS) is 11.2. The molecule has 1 amide bonds. The molecule has 0 aromatic heterocycles. The van der Waals surface area contributed by atoms with Crippen molar-refractivity contribution < 1.29 is 27.9 Å². The van der Waals surface area contributed by atoms with Gasteiger partial charge in [-0.2, -0.15) is 13.2 Å². The average molecular weight is 311 g/mol. The van der Waals surface area contributed by atoms with Crippen molar-refractivity contribution in [1.82, 2.24) is 0 Å². The Bertz CT molecular complexity index is 534. The summed E-state index contributed by atoms with van der Waals surface area (Å²) in [7, 11) is 0. The molecule has 0 unspecified atom stereocenters. The van der Waals surface area contributed by atoms with Gasteiger partial charge in [-0.1, -0.05) is 11.6 Å². The number of hydrogen-bond acceptors (Lipinski definition) is 3. The molecule has 0 aliphatic rings. The van der Waals surface area contributed by atoms with Gasteiger partial charge < -0.3 is 15.7 Å². The van der Waals surface area contributed by atoms with Gasteiger partial charge in [-0.3, -0.25) is 9.59 Å². The third-order valence-electron chi connectivity index (χ3n) is 2.26. The monoisotopic (exact) mass is 310 g/mol. The van der Waals surface area contributed by atoms with Gasteiger partial charge in [0.25, 0.3) is 5.91 Å². The van der Waals surface area contributed by atoms with E-state index in [4.69, 9.17) is 22.4 Å². The highest BCUT2D eigenvalue weighted by atomic mass is 35.5. The highest BCUT2D eigenvalue weighted by Gasteiger charge is 2.33. The van der Waals surface area contributed by atoms with E-state index in [9.17, 15) is 22.8 Å². The molecule has 0 saturated heterocycles. The lowest BCUT2D eigenvalue weighted by molar-refractivity contribution is -0.136. The van der Waals surface area contributed by atoms with Crippen LogP contribution < -0.4 is 10.6 Å². The molecule has 0 spiro atoms. The number of halogens is 4. The van der Waals surface area contributed by atoms with Crippen LogP contribution >= 0.6 is 11.6 Å². The molecule has 1 aromatic carbocycles. The number of carboxylic acid groups (broad SMARTS) is 1. The smallest absolute Gasteiger partial charge is 0.405 e. The Labute approximate surface area is 116 Å². The molecule has 0 bridgehead atoms. The van der Waals surface area contributed by atoms with E-state index < -0.39 is 31.1 Å². The number of amides is 1. The second kappa shape index (κ2) is 6.00. The summed E-state index contributed by atoms with van der Waals surface area (Å²) < 4.78 is 37.4. The lowest BCUT2D eigenvalue weighted by atomic mass is 10.1. The first kappa shape index (κ1) is 16.1. The van der Waals surface area contributed by atoms with E-state index in [2.05, 4.69) is 0 Å². The zero-order chi connectivity index (χ0) is 15.5. The van der Waals surface area contributed by atoms with E-state index in [1.807, 2.05) is 0 Å². The van der Waals surface area contributed by atoms with E-state index in [1.54, 1.807) is 0 Å². The van der Waals surface area contributed by atoms with Gasteiger partial charge in [-0.15, -0.1) is 0 Å². The maximum atomic E-state index is 12.5. The van der Waals surface area contributed by atoms with Gasteiger partial charge in [-0.25, -0.2) is 0 Å².